The minimum Gasteiger partial charge on any atom is -0.497 e. The largest absolute Gasteiger partial charge is 0.497 e. The third kappa shape index (κ3) is 8.92. The number of carbonyl (C=O) groups excluding carboxylic acids is 3. The molecule has 0 aliphatic rings. The molecule has 1 aromatic heterocycles. The van der Waals surface area contributed by atoms with Crippen LogP contribution in [0.3, 0.4) is 0 Å². The summed E-state index contributed by atoms with van der Waals surface area (Å²) in [5.74, 6) is 0.268. The Balaban J connectivity index is 1.33. The minimum atomic E-state index is -0.663. The minimum absolute atomic E-state index is 0.0246. The normalized spacial score (nSPS) is 10.6. The Kier molecular flexibility index (Phi) is 11.3. The molecule has 224 valence electrons. The molecule has 0 bridgehead atoms. The third-order valence-electron chi connectivity index (χ3n) is 6.40. The van der Waals surface area contributed by atoms with Gasteiger partial charge in [-0.05, 0) is 45.6 Å². The summed E-state index contributed by atoms with van der Waals surface area (Å²) in [5.41, 5.74) is 1.62. The van der Waals surface area contributed by atoms with Gasteiger partial charge in [-0.15, -0.1) is 0 Å². The van der Waals surface area contributed by atoms with Gasteiger partial charge in [-0.1, -0.05) is 49.4 Å². The molecule has 0 spiro atoms. The average molecular weight is 651 g/mol. The highest BCUT2D eigenvalue weighted by Gasteiger charge is 2.20. The second-order valence-electron chi connectivity index (χ2n) is 9.49. The number of anilines is 2. The molecule has 4 aromatic rings. The van der Waals surface area contributed by atoms with Crippen LogP contribution in [-0.2, 0) is 16.0 Å². The van der Waals surface area contributed by atoms with E-state index in [1.165, 1.54) is 12.0 Å². The number of benzene rings is 3. The topological polar surface area (TPSA) is 110 Å². The SMILES string of the molecule is CCC[n+]1cc(Br)cc(C(=O)NCCOC(=O)N(CCOC(=O)Nc2cccc3ccccc23)c2cccc(OC)c2)c1. The van der Waals surface area contributed by atoms with Crippen LogP contribution in [0, 0.1) is 0 Å². The maximum atomic E-state index is 13.1. The van der Waals surface area contributed by atoms with Crippen LogP contribution >= 0.6 is 15.9 Å². The first-order chi connectivity index (χ1) is 20.9. The number of aryl methyl sites for hydroxylation is 1. The highest BCUT2D eigenvalue weighted by atomic mass is 79.9. The number of hydrogen-bond donors (Lipinski definition) is 2. The molecule has 0 saturated heterocycles. The van der Waals surface area contributed by atoms with E-state index < -0.39 is 12.2 Å². The Bertz CT molecular complexity index is 1580. The zero-order chi connectivity index (χ0) is 30.6. The summed E-state index contributed by atoms with van der Waals surface area (Å²) in [7, 11) is 1.53. The number of nitrogens with zero attached hydrogens (tertiary/aromatic N) is 2. The molecule has 0 saturated carbocycles. The fourth-order valence-corrected chi connectivity index (χ4v) is 4.92. The number of rotatable bonds is 12. The summed E-state index contributed by atoms with van der Waals surface area (Å²) in [6.07, 6.45) is 3.31. The van der Waals surface area contributed by atoms with Gasteiger partial charge in [-0.3, -0.25) is 15.0 Å². The van der Waals surface area contributed by atoms with Crippen molar-refractivity contribution in [1.82, 2.24) is 5.32 Å². The molecule has 1 heterocycles. The average Bonchev–Trinajstić information content (AvgIpc) is 3.01. The van der Waals surface area contributed by atoms with Crippen molar-refractivity contribution in [3.8, 4) is 5.75 Å². The first-order valence-electron chi connectivity index (χ1n) is 13.9. The van der Waals surface area contributed by atoms with E-state index in [4.69, 9.17) is 14.2 Å². The lowest BCUT2D eigenvalue weighted by atomic mass is 10.1. The Hall–Kier alpha value is -4.64. The maximum Gasteiger partial charge on any atom is 0.414 e. The summed E-state index contributed by atoms with van der Waals surface area (Å²) in [6, 6.07) is 21.9. The predicted octanol–water partition coefficient (Wildman–Crippen LogP) is 5.93. The van der Waals surface area contributed by atoms with Crippen molar-refractivity contribution in [1.29, 1.82) is 0 Å². The van der Waals surface area contributed by atoms with E-state index in [-0.39, 0.29) is 32.2 Å². The molecule has 11 heteroatoms. The van der Waals surface area contributed by atoms with Crippen molar-refractivity contribution in [2.45, 2.75) is 19.9 Å². The van der Waals surface area contributed by atoms with Gasteiger partial charge in [0.2, 0.25) is 0 Å². The van der Waals surface area contributed by atoms with Crippen LogP contribution < -0.4 is 24.8 Å². The predicted molar refractivity (Wildman–Crippen MR) is 168 cm³/mol. The van der Waals surface area contributed by atoms with E-state index in [1.54, 1.807) is 42.6 Å². The number of halogens is 1. The lowest BCUT2D eigenvalue weighted by molar-refractivity contribution is -0.697. The molecule has 3 aromatic carbocycles. The number of pyridine rings is 1. The molecule has 43 heavy (non-hydrogen) atoms. The monoisotopic (exact) mass is 649 g/mol. The highest BCUT2D eigenvalue weighted by molar-refractivity contribution is 9.10. The fraction of sp³-hybridized carbons (Fsp3) is 0.250. The Morgan fingerprint density at radius 2 is 1.72 bits per heavy atom. The first-order valence-corrected chi connectivity index (χ1v) is 14.6. The van der Waals surface area contributed by atoms with E-state index in [2.05, 4.69) is 33.5 Å². The summed E-state index contributed by atoms with van der Waals surface area (Å²) >= 11 is 3.44. The molecular weight excluding hydrogens is 616 g/mol. The van der Waals surface area contributed by atoms with E-state index in [0.29, 0.717) is 22.7 Å². The molecule has 3 amide bonds. The molecular formula is C32H34BrN4O6+. The van der Waals surface area contributed by atoms with Gasteiger partial charge in [0.25, 0.3) is 5.91 Å². The smallest absolute Gasteiger partial charge is 0.414 e. The van der Waals surface area contributed by atoms with E-state index in [0.717, 1.165) is 28.2 Å². The molecule has 0 aliphatic heterocycles. The number of amides is 3. The summed E-state index contributed by atoms with van der Waals surface area (Å²) in [4.78, 5) is 39.7. The quantitative estimate of drug-likeness (QED) is 0.145. The van der Waals surface area contributed by atoms with E-state index >= 15 is 0 Å². The molecule has 0 unspecified atom stereocenters. The van der Waals surface area contributed by atoms with E-state index in [9.17, 15) is 14.4 Å². The van der Waals surface area contributed by atoms with Crippen molar-refractivity contribution in [2.24, 2.45) is 0 Å². The fourth-order valence-electron chi connectivity index (χ4n) is 4.41. The highest BCUT2D eigenvalue weighted by Crippen LogP contribution is 2.24. The summed E-state index contributed by atoms with van der Waals surface area (Å²) in [5, 5.41) is 7.41. The van der Waals surface area contributed by atoms with Crippen molar-refractivity contribution in [3.63, 3.8) is 0 Å². The van der Waals surface area contributed by atoms with Gasteiger partial charge in [0.05, 0.1) is 36.0 Å². The first kappa shape index (κ1) is 31.3. The third-order valence-corrected chi connectivity index (χ3v) is 6.84. The molecule has 0 radical (unpaired) electrons. The van der Waals surface area contributed by atoms with Gasteiger partial charge in [-0.25, -0.2) is 14.2 Å². The summed E-state index contributed by atoms with van der Waals surface area (Å²) < 4.78 is 18.9. The lowest BCUT2D eigenvalue weighted by Gasteiger charge is -2.22. The van der Waals surface area contributed by atoms with Crippen molar-refractivity contribution in [2.75, 3.05) is 43.6 Å². The molecule has 2 N–H and O–H groups in total. The van der Waals surface area contributed by atoms with Crippen molar-refractivity contribution < 1.29 is 33.2 Å². The molecule has 0 atom stereocenters. The van der Waals surface area contributed by atoms with Crippen LogP contribution in [0.1, 0.15) is 23.7 Å². The van der Waals surface area contributed by atoms with Gasteiger partial charge in [0, 0.05) is 17.9 Å². The molecule has 0 aliphatic carbocycles. The Labute approximate surface area is 258 Å². The Morgan fingerprint density at radius 1 is 0.930 bits per heavy atom. The van der Waals surface area contributed by atoms with Crippen LogP contribution in [0.25, 0.3) is 10.8 Å². The van der Waals surface area contributed by atoms with Gasteiger partial charge >= 0.3 is 12.2 Å². The van der Waals surface area contributed by atoms with Crippen LogP contribution in [0.5, 0.6) is 5.75 Å². The molecule has 4 rings (SSSR count). The zero-order valence-electron chi connectivity index (χ0n) is 24.0. The number of fused-ring (bicyclic) bond motifs is 1. The van der Waals surface area contributed by atoms with Gasteiger partial charge in [0.1, 0.15) is 31.1 Å². The van der Waals surface area contributed by atoms with Gasteiger partial charge < -0.3 is 19.5 Å². The van der Waals surface area contributed by atoms with Gasteiger partial charge in [0.15, 0.2) is 12.4 Å². The number of ether oxygens (including phenoxy) is 3. The zero-order valence-corrected chi connectivity index (χ0v) is 25.6. The number of methoxy groups -OCH3 is 1. The second kappa shape index (κ2) is 15.5. The number of hydrogen-bond acceptors (Lipinski definition) is 6. The van der Waals surface area contributed by atoms with Crippen molar-refractivity contribution >= 4 is 56.2 Å². The standard InChI is InChI=1S/C32H33BrN4O6/c1-3-15-36-21-24(19-25(33)22-36)30(38)34-14-17-43-32(40)37(26-10-7-11-27(20-26)41-2)16-18-42-31(39)35-29-13-6-9-23-8-4-5-12-28(23)29/h4-13,19-22H,3,14-18H2,1-2H3,(H-,34,35,38,39)/p+1. The van der Waals surface area contributed by atoms with Crippen LogP contribution in [-0.4, -0.2) is 51.5 Å². The second-order valence-corrected chi connectivity index (χ2v) is 10.4. The lowest BCUT2D eigenvalue weighted by Crippen LogP contribution is -2.38. The maximum absolute atomic E-state index is 13.1. The number of aromatic nitrogens is 1. The van der Waals surface area contributed by atoms with E-state index in [1.807, 2.05) is 47.2 Å². The number of carbonyl (C=O) groups is 3. The number of nitrogens with one attached hydrogen (secondary N) is 2. The molecule has 10 nitrogen and oxygen atoms in total. The van der Waals surface area contributed by atoms with Crippen LogP contribution in [0.2, 0.25) is 0 Å². The molecule has 0 fully saturated rings. The Morgan fingerprint density at radius 3 is 2.53 bits per heavy atom. The van der Waals surface area contributed by atoms with Crippen LogP contribution in [0.4, 0.5) is 21.0 Å². The van der Waals surface area contributed by atoms with Crippen molar-refractivity contribution in [3.05, 3.63) is 95.2 Å². The van der Waals surface area contributed by atoms with Gasteiger partial charge in [-0.2, -0.15) is 0 Å². The van der Waals surface area contributed by atoms with Crippen LogP contribution in [0.15, 0.2) is 89.7 Å². The summed E-state index contributed by atoms with van der Waals surface area (Å²) in [6.45, 7) is 2.82.